The summed E-state index contributed by atoms with van der Waals surface area (Å²) in [7, 11) is 4.00. The average molecular weight is 484 g/mol. The molecular formula is C29H29N3O4. The van der Waals surface area contributed by atoms with E-state index in [1.807, 2.05) is 38.4 Å². The van der Waals surface area contributed by atoms with Gasteiger partial charge in [0.2, 0.25) is 5.88 Å². The lowest BCUT2D eigenvalue weighted by Crippen LogP contribution is -2.23. The van der Waals surface area contributed by atoms with Crippen LogP contribution in [0.15, 0.2) is 88.6 Å². The number of aromatic nitrogens is 1. The topological polar surface area (TPSA) is 84.1 Å². The fourth-order valence-corrected chi connectivity index (χ4v) is 4.18. The third kappa shape index (κ3) is 5.06. The van der Waals surface area contributed by atoms with Crippen LogP contribution in [0.3, 0.4) is 0 Å². The Kier molecular flexibility index (Phi) is 7.61. The van der Waals surface area contributed by atoms with Gasteiger partial charge in [0.1, 0.15) is 0 Å². The summed E-state index contributed by atoms with van der Waals surface area (Å²) in [5, 5.41) is 12.3. The van der Waals surface area contributed by atoms with Crippen molar-refractivity contribution in [2.24, 2.45) is 4.99 Å². The van der Waals surface area contributed by atoms with E-state index in [1.165, 1.54) is 4.57 Å². The van der Waals surface area contributed by atoms with E-state index in [1.54, 1.807) is 55.6 Å². The predicted molar refractivity (Wildman–Crippen MR) is 142 cm³/mol. The van der Waals surface area contributed by atoms with Gasteiger partial charge in [0, 0.05) is 17.0 Å². The third-order valence-electron chi connectivity index (χ3n) is 6.05. The molecular weight excluding hydrogens is 454 g/mol. The second-order valence-electron chi connectivity index (χ2n) is 8.58. The highest BCUT2D eigenvalue weighted by Gasteiger charge is 2.18. The molecule has 0 unspecified atom stereocenters. The number of pyridine rings is 1. The molecule has 1 N–H and O–H groups in total. The predicted octanol–water partition coefficient (Wildman–Crippen LogP) is 4.59. The van der Waals surface area contributed by atoms with Gasteiger partial charge in [-0.3, -0.25) is 9.79 Å². The number of esters is 1. The summed E-state index contributed by atoms with van der Waals surface area (Å²) in [5.41, 5.74) is 2.03. The molecule has 0 aliphatic heterocycles. The van der Waals surface area contributed by atoms with Crippen molar-refractivity contribution < 1.29 is 14.6 Å². The van der Waals surface area contributed by atoms with E-state index in [0.717, 1.165) is 5.56 Å². The Labute approximate surface area is 209 Å². The monoisotopic (exact) mass is 483 g/mol. The van der Waals surface area contributed by atoms with E-state index in [4.69, 9.17) is 4.74 Å². The molecule has 4 rings (SSSR count). The van der Waals surface area contributed by atoms with Gasteiger partial charge in [0.15, 0.2) is 0 Å². The zero-order valence-electron chi connectivity index (χ0n) is 20.6. The van der Waals surface area contributed by atoms with Gasteiger partial charge in [-0.1, -0.05) is 48.5 Å². The smallest absolute Gasteiger partial charge is 0.338 e. The van der Waals surface area contributed by atoms with Crippen molar-refractivity contribution in [3.63, 3.8) is 0 Å². The molecule has 0 radical (unpaired) electrons. The molecule has 4 aromatic rings. The first-order valence-corrected chi connectivity index (χ1v) is 11.8. The van der Waals surface area contributed by atoms with Crippen LogP contribution in [0, 0.1) is 0 Å². The molecule has 1 aromatic heterocycles. The van der Waals surface area contributed by atoms with E-state index in [9.17, 15) is 14.7 Å². The Morgan fingerprint density at radius 2 is 1.64 bits per heavy atom. The van der Waals surface area contributed by atoms with Crippen LogP contribution in [0.2, 0.25) is 0 Å². The average Bonchev–Trinajstić information content (AvgIpc) is 2.89. The Morgan fingerprint density at radius 1 is 1.00 bits per heavy atom. The summed E-state index contributed by atoms with van der Waals surface area (Å²) in [6.45, 7) is 2.48. The molecule has 184 valence electrons. The number of rotatable bonds is 8. The third-order valence-corrected chi connectivity index (χ3v) is 6.05. The van der Waals surface area contributed by atoms with E-state index in [-0.39, 0.29) is 24.1 Å². The lowest BCUT2D eigenvalue weighted by atomic mass is 10.1. The highest BCUT2D eigenvalue weighted by atomic mass is 16.5. The van der Waals surface area contributed by atoms with Gasteiger partial charge in [0.05, 0.1) is 36.0 Å². The van der Waals surface area contributed by atoms with Crippen molar-refractivity contribution in [2.75, 3.05) is 27.2 Å². The largest absolute Gasteiger partial charge is 0.494 e. The number of likely N-dealkylation sites (N-methyl/N-ethyl adjacent to an activating group) is 1. The first-order chi connectivity index (χ1) is 17.4. The minimum atomic E-state index is -0.444. The Balaban J connectivity index is 1.76. The van der Waals surface area contributed by atoms with Crippen LogP contribution in [0.25, 0.3) is 16.5 Å². The van der Waals surface area contributed by atoms with Crippen LogP contribution in [0.1, 0.15) is 34.5 Å². The molecule has 0 aliphatic carbocycles. The fraction of sp³-hybridized carbons (Fsp3) is 0.207. The lowest BCUT2D eigenvalue weighted by Gasteiger charge is -2.23. The number of aliphatic imine (C=N–C) groups is 1. The molecule has 0 saturated carbocycles. The van der Waals surface area contributed by atoms with Crippen molar-refractivity contribution >= 4 is 23.0 Å². The van der Waals surface area contributed by atoms with Gasteiger partial charge in [-0.25, -0.2) is 9.36 Å². The Hall–Kier alpha value is -4.23. The van der Waals surface area contributed by atoms with Crippen LogP contribution in [-0.4, -0.2) is 54.0 Å². The molecule has 0 bridgehead atoms. The van der Waals surface area contributed by atoms with Crippen molar-refractivity contribution in [3.8, 4) is 11.6 Å². The van der Waals surface area contributed by atoms with Crippen molar-refractivity contribution in [1.29, 1.82) is 0 Å². The molecule has 3 aromatic carbocycles. The first kappa shape index (κ1) is 24.9. The van der Waals surface area contributed by atoms with Crippen molar-refractivity contribution in [3.05, 3.63) is 106 Å². The lowest BCUT2D eigenvalue weighted by molar-refractivity contribution is 0.0526. The quantitative estimate of drug-likeness (QED) is 0.293. The minimum Gasteiger partial charge on any atom is -0.494 e. The van der Waals surface area contributed by atoms with Crippen molar-refractivity contribution in [1.82, 2.24) is 9.47 Å². The van der Waals surface area contributed by atoms with Crippen LogP contribution < -0.4 is 5.56 Å². The first-order valence-electron chi connectivity index (χ1n) is 11.8. The maximum Gasteiger partial charge on any atom is 0.338 e. The molecule has 7 nitrogen and oxygen atoms in total. The summed E-state index contributed by atoms with van der Waals surface area (Å²) in [4.78, 5) is 32.1. The number of hydrogen-bond acceptors (Lipinski definition) is 6. The number of carbonyl (C=O) groups excluding carboxylic acids is 1. The molecule has 1 heterocycles. The molecule has 1 atom stereocenters. The summed E-state index contributed by atoms with van der Waals surface area (Å²) in [6, 6.07) is 23.7. The van der Waals surface area contributed by atoms with Crippen LogP contribution in [0.4, 0.5) is 0 Å². The second kappa shape index (κ2) is 11.0. The second-order valence-corrected chi connectivity index (χ2v) is 8.58. The number of carbonyl (C=O) groups is 1. The Bertz CT molecular complexity index is 1440. The molecule has 0 spiro atoms. The van der Waals surface area contributed by atoms with Crippen LogP contribution >= 0.6 is 0 Å². The molecule has 0 amide bonds. The highest BCUT2D eigenvalue weighted by Crippen LogP contribution is 2.26. The maximum atomic E-state index is 13.3. The summed E-state index contributed by atoms with van der Waals surface area (Å²) < 4.78 is 6.27. The number of nitrogens with zero attached hydrogens (tertiary/aromatic N) is 3. The summed E-state index contributed by atoms with van der Waals surface area (Å²) >= 11 is 0. The van der Waals surface area contributed by atoms with Gasteiger partial charge < -0.3 is 14.7 Å². The number of ether oxygens (including phenoxy) is 1. The molecule has 7 heteroatoms. The highest BCUT2D eigenvalue weighted by molar-refractivity contribution is 6.01. The van der Waals surface area contributed by atoms with Gasteiger partial charge in [-0.05, 0) is 56.9 Å². The fourth-order valence-electron chi connectivity index (χ4n) is 4.18. The molecule has 0 aliphatic rings. The van der Waals surface area contributed by atoms with E-state index >= 15 is 0 Å². The molecule has 0 saturated heterocycles. The van der Waals surface area contributed by atoms with Gasteiger partial charge in [-0.15, -0.1) is 0 Å². The van der Waals surface area contributed by atoms with Crippen molar-refractivity contribution in [2.45, 2.75) is 13.0 Å². The number of benzene rings is 3. The van der Waals surface area contributed by atoms with Gasteiger partial charge in [-0.2, -0.15) is 0 Å². The zero-order chi connectivity index (χ0) is 25.7. The van der Waals surface area contributed by atoms with E-state index in [2.05, 4.69) is 22.0 Å². The normalized spacial score (nSPS) is 12.3. The van der Waals surface area contributed by atoms with Crippen LogP contribution in [-0.2, 0) is 4.74 Å². The molecule has 36 heavy (non-hydrogen) atoms. The maximum absolute atomic E-state index is 13.3. The number of hydrogen-bond donors (Lipinski definition) is 1. The summed E-state index contributed by atoms with van der Waals surface area (Å²) in [6.07, 6.45) is 1.63. The standard InChI is InChI=1S/C29H29N3O4/c1-4-36-29(35)21-14-16-22(17-15-21)32-27(33)24-13-9-8-12-23(24)25(28(32)34)18-30-19-26(31(2)3)20-10-6-5-7-11-20/h5-18,26,34H,4,19H2,1-3H3/t26-/m0/s1. The van der Waals surface area contributed by atoms with E-state index < -0.39 is 5.97 Å². The number of aromatic hydroxyl groups is 1. The molecule has 0 fully saturated rings. The van der Waals surface area contributed by atoms with Gasteiger partial charge in [0.25, 0.3) is 5.56 Å². The zero-order valence-corrected chi connectivity index (χ0v) is 20.6. The Morgan fingerprint density at radius 3 is 2.28 bits per heavy atom. The summed E-state index contributed by atoms with van der Waals surface area (Å²) in [5.74, 6) is -0.659. The van der Waals surface area contributed by atoms with E-state index in [0.29, 0.717) is 34.1 Å². The van der Waals surface area contributed by atoms with Crippen LogP contribution in [0.5, 0.6) is 5.88 Å². The minimum absolute atomic E-state index is 0.0529. The SMILES string of the molecule is CCOC(=O)c1ccc(-n2c(O)c(C=NC[C@@H](c3ccccc3)N(C)C)c3ccccc3c2=O)cc1. The number of fused-ring (bicyclic) bond motifs is 1. The van der Waals surface area contributed by atoms with Gasteiger partial charge >= 0.3 is 5.97 Å².